The number of ether oxygens (including phenoxy) is 2. The molecule has 0 bridgehead atoms. The first-order valence-corrected chi connectivity index (χ1v) is 8.51. The zero-order chi connectivity index (χ0) is 17.1. The largest absolute Gasteiger partial charge is 0.493 e. The monoisotopic (exact) mass is 342 g/mol. The molecule has 2 aromatic heterocycles. The minimum absolute atomic E-state index is 0.00811. The molecule has 0 spiro atoms. The van der Waals surface area contributed by atoms with Crippen LogP contribution in [0.5, 0.6) is 11.5 Å². The molecule has 0 saturated carbocycles. The van der Waals surface area contributed by atoms with Crippen molar-refractivity contribution < 1.29 is 9.47 Å². The minimum atomic E-state index is -0.631. The highest BCUT2D eigenvalue weighted by Crippen LogP contribution is 2.38. The molecule has 1 atom stereocenters. The maximum Gasteiger partial charge on any atom is 0.168 e. The lowest BCUT2D eigenvalue weighted by Crippen LogP contribution is -2.07. The zero-order valence-electron chi connectivity index (χ0n) is 13.7. The van der Waals surface area contributed by atoms with E-state index in [1.165, 1.54) is 11.3 Å². The van der Waals surface area contributed by atoms with Gasteiger partial charge in [-0.05, 0) is 48.9 Å². The predicted octanol–water partition coefficient (Wildman–Crippen LogP) is 4.95. The third kappa shape index (κ3) is 3.10. The number of pyridine rings is 1. The van der Waals surface area contributed by atoms with Gasteiger partial charge in [0.1, 0.15) is 0 Å². The average molecular weight is 342 g/mol. The average Bonchev–Trinajstić information content (AvgIpc) is 3.09. The van der Waals surface area contributed by atoms with E-state index in [4.69, 9.17) is 9.47 Å². The standard InChI is InChI=1S/C18H18N2O3S/c1-11(2)23-15-10-13-12(9-14(15)22-3)6-7-19-17(13)18(20-21)16-5-4-8-24-16/h4-11,18H,1-3H3. The number of aromatic nitrogens is 1. The molecule has 3 rings (SSSR count). The Bertz CT molecular complexity index is 847. The molecule has 0 fully saturated rings. The Kier molecular flexibility index (Phi) is 4.76. The Morgan fingerprint density at radius 2 is 2.04 bits per heavy atom. The smallest absolute Gasteiger partial charge is 0.168 e. The number of thiophene rings is 1. The van der Waals surface area contributed by atoms with Crippen molar-refractivity contribution in [3.8, 4) is 11.5 Å². The summed E-state index contributed by atoms with van der Waals surface area (Å²) in [6.07, 6.45) is 1.69. The summed E-state index contributed by atoms with van der Waals surface area (Å²) in [6.45, 7) is 3.91. The molecule has 5 nitrogen and oxygen atoms in total. The van der Waals surface area contributed by atoms with Crippen molar-refractivity contribution in [2.75, 3.05) is 7.11 Å². The fourth-order valence-corrected chi connectivity index (χ4v) is 3.36. The van der Waals surface area contributed by atoms with E-state index in [9.17, 15) is 4.91 Å². The molecule has 24 heavy (non-hydrogen) atoms. The van der Waals surface area contributed by atoms with E-state index < -0.39 is 6.04 Å². The number of nitrogens with zero attached hydrogens (tertiary/aromatic N) is 2. The van der Waals surface area contributed by atoms with E-state index >= 15 is 0 Å². The van der Waals surface area contributed by atoms with Gasteiger partial charge in [0.15, 0.2) is 17.5 Å². The molecule has 0 saturated heterocycles. The highest BCUT2D eigenvalue weighted by Gasteiger charge is 2.21. The predicted molar refractivity (Wildman–Crippen MR) is 96.0 cm³/mol. The first-order valence-electron chi connectivity index (χ1n) is 7.63. The topological polar surface area (TPSA) is 60.8 Å². The number of benzene rings is 1. The molecule has 0 aliphatic carbocycles. The molecule has 0 aliphatic heterocycles. The molecule has 0 radical (unpaired) electrons. The van der Waals surface area contributed by atoms with Gasteiger partial charge in [-0.3, -0.25) is 4.98 Å². The van der Waals surface area contributed by atoms with Gasteiger partial charge in [0.2, 0.25) is 0 Å². The fourth-order valence-electron chi connectivity index (χ4n) is 2.61. The van der Waals surface area contributed by atoms with Crippen LogP contribution < -0.4 is 9.47 Å². The van der Waals surface area contributed by atoms with Crippen molar-refractivity contribution in [3.63, 3.8) is 0 Å². The van der Waals surface area contributed by atoms with Gasteiger partial charge in [-0.1, -0.05) is 11.2 Å². The van der Waals surface area contributed by atoms with Crippen LogP contribution in [-0.2, 0) is 0 Å². The molecule has 2 heterocycles. The second-order valence-corrected chi connectivity index (χ2v) is 6.59. The van der Waals surface area contributed by atoms with Gasteiger partial charge in [0.05, 0.1) is 18.9 Å². The van der Waals surface area contributed by atoms with Crippen LogP contribution in [0.1, 0.15) is 30.5 Å². The maximum absolute atomic E-state index is 11.5. The van der Waals surface area contributed by atoms with Crippen molar-refractivity contribution in [1.82, 2.24) is 4.98 Å². The van der Waals surface area contributed by atoms with Gasteiger partial charge in [0, 0.05) is 16.5 Å². The van der Waals surface area contributed by atoms with Crippen LogP contribution in [0.2, 0.25) is 0 Å². The normalized spacial score (nSPS) is 12.3. The second kappa shape index (κ2) is 6.97. The van der Waals surface area contributed by atoms with Gasteiger partial charge in [-0.15, -0.1) is 16.2 Å². The van der Waals surface area contributed by atoms with E-state index in [-0.39, 0.29) is 6.10 Å². The van der Waals surface area contributed by atoms with Crippen LogP contribution in [0, 0.1) is 4.91 Å². The van der Waals surface area contributed by atoms with E-state index in [0.29, 0.717) is 17.2 Å². The summed E-state index contributed by atoms with van der Waals surface area (Å²) >= 11 is 1.49. The molecule has 1 aromatic carbocycles. The van der Waals surface area contributed by atoms with Gasteiger partial charge < -0.3 is 9.47 Å². The first-order chi connectivity index (χ1) is 11.6. The zero-order valence-corrected chi connectivity index (χ0v) is 14.5. The summed E-state index contributed by atoms with van der Waals surface area (Å²) in [5.74, 6) is 1.28. The van der Waals surface area contributed by atoms with Crippen LogP contribution in [0.15, 0.2) is 47.1 Å². The molecule has 0 N–H and O–H groups in total. The van der Waals surface area contributed by atoms with Gasteiger partial charge in [-0.25, -0.2) is 0 Å². The Hall–Kier alpha value is -2.47. The lowest BCUT2D eigenvalue weighted by Gasteiger charge is -2.16. The summed E-state index contributed by atoms with van der Waals surface area (Å²) in [6, 6.07) is 8.83. The summed E-state index contributed by atoms with van der Waals surface area (Å²) in [4.78, 5) is 16.8. The lowest BCUT2D eigenvalue weighted by atomic mass is 10.0. The molecule has 6 heteroatoms. The Morgan fingerprint density at radius 3 is 2.67 bits per heavy atom. The van der Waals surface area contributed by atoms with Crippen molar-refractivity contribution in [2.45, 2.75) is 26.0 Å². The third-order valence-corrected chi connectivity index (χ3v) is 4.54. The van der Waals surface area contributed by atoms with Crippen molar-refractivity contribution in [3.05, 3.63) is 57.4 Å². The Labute approximate surface area is 144 Å². The lowest BCUT2D eigenvalue weighted by molar-refractivity contribution is 0.230. The van der Waals surface area contributed by atoms with E-state index in [1.54, 1.807) is 13.3 Å². The van der Waals surface area contributed by atoms with E-state index in [1.807, 2.05) is 49.6 Å². The number of hydrogen-bond donors (Lipinski definition) is 0. The SMILES string of the molecule is COc1cc2ccnc(C(N=O)c3cccs3)c2cc1OC(C)C. The summed E-state index contributed by atoms with van der Waals surface area (Å²) in [5, 5.41) is 7.00. The minimum Gasteiger partial charge on any atom is -0.493 e. The van der Waals surface area contributed by atoms with Crippen molar-refractivity contribution >= 4 is 22.1 Å². The van der Waals surface area contributed by atoms with Gasteiger partial charge in [0.25, 0.3) is 0 Å². The van der Waals surface area contributed by atoms with Crippen LogP contribution in [0.3, 0.4) is 0 Å². The summed E-state index contributed by atoms with van der Waals surface area (Å²) in [7, 11) is 1.61. The van der Waals surface area contributed by atoms with Crippen LogP contribution in [0.25, 0.3) is 10.8 Å². The van der Waals surface area contributed by atoms with Crippen LogP contribution in [0.4, 0.5) is 0 Å². The molecule has 1 unspecified atom stereocenters. The highest BCUT2D eigenvalue weighted by atomic mass is 32.1. The Morgan fingerprint density at radius 1 is 1.21 bits per heavy atom. The molecular weight excluding hydrogens is 324 g/mol. The van der Waals surface area contributed by atoms with Crippen molar-refractivity contribution in [1.29, 1.82) is 0 Å². The number of nitroso groups, excluding NO2 is 1. The quantitative estimate of drug-likeness (QED) is 0.595. The van der Waals surface area contributed by atoms with Crippen LogP contribution >= 0.6 is 11.3 Å². The van der Waals surface area contributed by atoms with E-state index in [2.05, 4.69) is 10.2 Å². The molecule has 3 aromatic rings. The molecule has 0 aliphatic rings. The number of methoxy groups -OCH3 is 1. The third-order valence-electron chi connectivity index (χ3n) is 3.62. The number of rotatable bonds is 6. The van der Waals surface area contributed by atoms with Gasteiger partial charge in [-0.2, -0.15) is 0 Å². The van der Waals surface area contributed by atoms with Crippen LogP contribution in [-0.4, -0.2) is 18.2 Å². The fraction of sp³-hybridized carbons (Fsp3) is 0.278. The molecular formula is C18H18N2O3S. The van der Waals surface area contributed by atoms with Gasteiger partial charge >= 0.3 is 0 Å². The molecule has 0 amide bonds. The second-order valence-electron chi connectivity index (χ2n) is 5.61. The Balaban J connectivity index is 2.19. The van der Waals surface area contributed by atoms with E-state index in [0.717, 1.165) is 15.6 Å². The molecule has 124 valence electrons. The maximum atomic E-state index is 11.5. The number of hydrogen-bond acceptors (Lipinski definition) is 6. The van der Waals surface area contributed by atoms with Crippen molar-refractivity contribution in [2.24, 2.45) is 5.18 Å². The summed E-state index contributed by atoms with van der Waals surface area (Å²) < 4.78 is 11.3. The first kappa shape index (κ1) is 16.4. The number of fused-ring (bicyclic) bond motifs is 1. The highest BCUT2D eigenvalue weighted by molar-refractivity contribution is 7.10. The summed E-state index contributed by atoms with van der Waals surface area (Å²) in [5.41, 5.74) is 0.626.